The van der Waals surface area contributed by atoms with Gasteiger partial charge in [-0.05, 0) is 51.5 Å². The van der Waals surface area contributed by atoms with Crippen molar-refractivity contribution in [3.8, 4) is 17.0 Å². The number of aryl methyl sites for hydroxylation is 1. The van der Waals surface area contributed by atoms with Crippen LogP contribution in [0.4, 0.5) is 0 Å². The number of carbonyl (C=O) groups excluding carboxylic acids is 1. The Bertz CT molecular complexity index is 800. The minimum absolute atomic E-state index is 0.00296. The first-order chi connectivity index (χ1) is 13.6. The maximum Gasteiger partial charge on any atom is 0.241 e. The summed E-state index contributed by atoms with van der Waals surface area (Å²) >= 11 is 0. The molecule has 0 fully saturated rings. The molecule has 1 aromatic heterocycles. The Balaban J connectivity index is 1.54. The van der Waals surface area contributed by atoms with Crippen LogP contribution in [-0.4, -0.2) is 46.8 Å². The van der Waals surface area contributed by atoms with Crippen LogP contribution in [0, 0.1) is 6.92 Å². The molecular formula is C22H32N4O2. The quantitative estimate of drug-likeness (QED) is 0.638. The first-order valence-electron chi connectivity index (χ1n) is 10.4. The number of fused-ring (bicyclic) bond motifs is 3. The average Bonchev–Trinajstić information content (AvgIpc) is 3.10. The molecule has 3 rings (SSSR count). The Hall–Kier alpha value is -2.34. The van der Waals surface area contributed by atoms with Crippen molar-refractivity contribution in [3.63, 3.8) is 0 Å². The molecule has 2 aromatic rings. The van der Waals surface area contributed by atoms with Crippen LogP contribution < -0.4 is 10.1 Å². The third-order valence-corrected chi connectivity index (χ3v) is 5.23. The summed E-state index contributed by atoms with van der Waals surface area (Å²) in [6.45, 7) is 11.1. The van der Waals surface area contributed by atoms with Crippen LogP contribution in [0.2, 0.25) is 0 Å². The molecule has 28 heavy (non-hydrogen) atoms. The van der Waals surface area contributed by atoms with Gasteiger partial charge in [-0.2, -0.15) is 5.10 Å². The van der Waals surface area contributed by atoms with Crippen LogP contribution in [0.1, 0.15) is 44.2 Å². The zero-order valence-electron chi connectivity index (χ0n) is 17.3. The maximum atomic E-state index is 12.4. The predicted molar refractivity (Wildman–Crippen MR) is 111 cm³/mol. The zero-order valence-corrected chi connectivity index (χ0v) is 17.3. The van der Waals surface area contributed by atoms with Crippen LogP contribution in [0.15, 0.2) is 24.4 Å². The van der Waals surface area contributed by atoms with Gasteiger partial charge in [-0.1, -0.05) is 31.9 Å². The second kappa shape index (κ2) is 9.73. The van der Waals surface area contributed by atoms with Gasteiger partial charge in [0.1, 0.15) is 18.9 Å². The highest BCUT2D eigenvalue weighted by molar-refractivity contribution is 5.78. The molecule has 1 aliphatic rings. The fourth-order valence-corrected chi connectivity index (χ4v) is 3.60. The summed E-state index contributed by atoms with van der Waals surface area (Å²) in [5, 5.41) is 7.48. The predicted octanol–water partition coefficient (Wildman–Crippen LogP) is 3.38. The Kier molecular flexibility index (Phi) is 7.09. The number of aromatic nitrogens is 2. The number of ether oxygens (including phenoxy) is 1. The number of benzene rings is 1. The van der Waals surface area contributed by atoms with Crippen molar-refractivity contribution in [2.45, 2.75) is 53.2 Å². The van der Waals surface area contributed by atoms with E-state index in [-0.39, 0.29) is 12.5 Å². The largest absolute Gasteiger partial charge is 0.488 e. The number of amides is 1. The van der Waals surface area contributed by atoms with E-state index in [9.17, 15) is 4.79 Å². The number of carbonyl (C=O) groups is 1. The highest BCUT2D eigenvalue weighted by atomic mass is 16.5. The Labute approximate surface area is 167 Å². The minimum Gasteiger partial charge on any atom is -0.488 e. The molecule has 0 saturated heterocycles. The van der Waals surface area contributed by atoms with Gasteiger partial charge in [0.25, 0.3) is 0 Å². The monoisotopic (exact) mass is 384 g/mol. The second-order valence-electron chi connectivity index (χ2n) is 7.46. The normalized spacial score (nSPS) is 12.4. The fraction of sp³-hybridized carbons (Fsp3) is 0.545. The average molecular weight is 385 g/mol. The van der Waals surface area contributed by atoms with E-state index < -0.39 is 0 Å². The number of hydrogen-bond acceptors (Lipinski definition) is 4. The Morgan fingerprint density at radius 2 is 2.11 bits per heavy atom. The van der Waals surface area contributed by atoms with Crippen molar-refractivity contribution < 1.29 is 9.53 Å². The van der Waals surface area contributed by atoms with Crippen molar-refractivity contribution in [1.82, 2.24) is 20.0 Å². The van der Waals surface area contributed by atoms with E-state index in [4.69, 9.17) is 4.74 Å². The number of nitrogens with one attached hydrogen (secondary N) is 1. The van der Waals surface area contributed by atoms with E-state index in [1.165, 1.54) is 12.8 Å². The van der Waals surface area contributed by atoms with Crippen molar-refractivity contribution in [3.05, 3.63) is 35.5 Å². The minimum atomic E-state index is 0.00296. The highest BCUT2D eigenvalue weighted by Crippen LogP contribution is 2.37. The summed E-state index contributed by atoms with van der Waals surface area (Å²) in [6, 6.07) is 6.12. The number of rotatable bonds is 10. The molecule has 2 heterocycles. The van der Waals surface area contributed by atoms with Crippen LogP contribution in [-0.2, 0) is 17.9 Å². The lowest BCUT2D eigenvalue weighted by Gasteiger charge is -2.20. The summed E-state index contributed by atoms with van der Waals surface area (Å²) in [4.78, 5) is 14.9. The van der Waals surface area contributed by atoms with E-state index >= 15 is 0 Å². The summed E-state index contributed by atoms with van der Waals surface area (Å²) in [5.74, 6) is 0.857. The van der Waals surface area contributed by atoms with E-state index in [1.54, 1.807) is 10.9 Å². The maximum absolute atomic E-state index is 12.4. The van der Waals surface area contributed by atoms with E-state index in [0.29, 0.717) is 13.2 Å². The van der Waals surface area contributed by atoms with Crippen LogP contribution in [0.25, 0.3) is 11.3 Å². The fourth-order valence-electron chi connectivity index (χ4n) is 3.60. The SMILES string of the molecule is CCCCN(CC)CCCNC(=O)Cn1ncc2c1-c1cc(C)ccc1OC2. The molecule has 6 nitrogen and oxygen atoms in total. The number of hydrogen-bond donors (Lipinski definition) is 1. The van der Waals surface area contributed by atoms with Gasteiger partial charge in [0, 0.05) is 17.7 Å². The molecule has 1 aliphatic heterocycles. The molecule has 0 radical (unpaired) electrons. The third kappa shape index (κ3) is 4.93. The van der Waals surface area contributed by atoms with E-state index in [2.05, 4.69) is 42.2 Å². The zero-order chi connectivity index (χ0) is 19.9. The van der Waals surface area contributed by atoms with Crippen molar-refractivity contribution >= 4 is 5.91 Å². The topological polar surface area (TPSA) is 59.4 Å². The smallest absolute Gasteiger partial charge is 0.241 e. The molecular weight excluding hydrogens is 352 g/mol. The Morgan fingerprint density at radius 3 is 2.89 bits per heavy atom. The van der Waals surface area contributed by atoms with Crippen LogP contribution >= 0.6 is 0 Å². The molecule has 0 saturated carbocycles. The molecule has 6 heteroatoms. The Morgan fingerprint density at radius 1 is 1.29 bits per heavy atom. The van der Waals surface area contributed by atoms with Crippen molar-refractivity contribution in [2.24, 2.45) is 0 Å². The third-order valence-electron chi connectivity index (χ3n) is 5.23. The van der Waals surface area contributed by atoms with Crippen LogP contribution in [0.5, 0.6) is 5.75 Å². The van der Waals surface area contributed by atoms with Crippen molar-refractivity contribution in [1.29, 1.82) is 0 Å². The molecule has 0 aliphatic carbocycles. The molecule has 0 atom stereocenters. The van der Waals surface area contributed by atoms with E-state index in [1.807, 2.05) is 12.1 Å². The van der Waals surface area contributed by atoms with Gasteiger partial charge in [-0.25, -0.2) is 0 Å². The van der Waals surface area contributed by atoms with Gasteiger partial charge in [-0.15, -0.1) is 0 Å². The molecule has 1 amide bonds. The van der Waals surface area contributed by atoms with Gasteiger partial charge in [-0.3, -0.25) is 9.48 Å². The standard InChI is InChI=1S/C22H32N4O2/c1-4-6-11-25(5-2)12-7-10-23-21(27)15-26-22-18(14-24-26)16-28-20-9-8-17(3)13-19(20)22/h8-9,13-14H,4-7,10-12,15-16H2,1-3H3,(H,23,27). The lowest BCUT2D eigenvalue weighted by molar-refractivity contribution is -0.121. The first-order valence-corrected chi connectivity index (χ1v) is 10.4. The molecule has 0 unspecified atom stereocenters. The second-order valence-corrected chi connectivity index (χ2v) is 7.46. The molecule has 1 N–H and O–H groups in total. The first kappa shape index (κ1) is 20.4. The van der Waals surface area contributed by atoms with Crippen molar-refractivity contribution in [2.75, 3.05) is 26.2 Å². The summed E-state index contributed by atoms with van der Waals surface area (Å²) < 4.78 is 7.60. The number of nitrogens with zero attached hydrogens (tertiary/aromatic N) is 3. The lowest BCUT2D eigenvalue weighted by atomic mass is 10.0. The molecule has 1 aromatic carbocycles. The molecule has 0 bridgehead atoms. The summed E-state index contributed by atoms with van der Waals surface area (Å²) in [6.07, 6.45) is 5.22. The number of unbranched alkanes of at least 4 members (excludes halogenated alkanes) is 1. The van der Waals surface area contributed by atoms with Gasteiger partial charge >= 0.3 is 0 Å². The van der Waals surface area contributed by atoms with Crippen LogP contribution in [0.3, 0.4) is 0 Å². The lowest BCUT2D eigenvalue weighted by Crippen LogP contribution is -2.32. The molecule has 152 valence electrons. The molecule has 0 spiro atoms. The van der Waals surface area contributed by atoms with E-state index in [0.717, 1.165) is 54.2 Å². The highest BCUT2D eigenvalue weighted by Gasteiger charge is 2.23. The van der Waals surface area contributed by atoms with Gasteiger partial charge in [0.05, 0.1) is 11.9 Å². The summed E-state index contributed by atoms with van der Waals surface area (Å²) in [7, 11) is 0. The van der Waals surface area contributed by atoms with Gasteiger partial charge < -0.3 is 15.0 Å². The van der Waals surface area contributed by atoms with Gasteiger partial charge in [0.15, 0.2) is 0 Å². The summed E-state index contributed by atoms with van der Waals surface area (Å²) in [5.41, 5.74) is 4.20. The van der Waals surface area contributed by atoms with Gasteiger partial charge in [0.2, 0.25) is 5.91 Å².